The summed E-state index contributed by atoms with van der Waals surface area (Å²) >= 11 is 0. The number of rotatable bonds is 6. The molecule has 0 radical (unpaired) electrons. The van der Waals surface area contributed by atoms with Crippen molar-refractivity contribution < 1.29 is 51.0 Å². The first-order valence-corrected chi connectivity index (χ1v) is 20.4. The molecule has 17 heteroatoms. The molecule has 55 heavy (non-hydrogen) atoms. The van der Waals surface area contributed by atoms with Gasteiger partial charge in [-0.25, -0.2) is 27.0 Å². The summed E-state index contributed by atoms with van der Waals surface area (Å²) in [6, 6.07) is 1.98. The lowest BCUT2D eigenvalue weighted by atomic mass is 9.84. The maximum Gasteiger partial charge on any atom is 0.405 e. The third-order valence-electron chi connectivity index (χ3n) is 12.3. The molecule has 14 nitrogen and oxygen atoms in total. The number of allylic oxidation sites excluding steroid dienone is 1. The van der Waals surface area contributed by atoms with E-state index in [0.717, 1.165) is 17.7 Å². The van der Waals surface area contributed by atoms with Crippen LogP contribution in [0.3, 0.4) is 0 Å². The summed E-state index contributed by atoms with van der Waals surface area (Å²) in [5.74, 6) is -6.54. The van der Waals surface area contributed by atoms with Crippen molar-refractivity contribution in [2.75, 3.05) is 13.7 Å². The van der Waals surface area contributed by atoms with Crippen LogP contribution in [0.2, 0.25) is 0 Å². The second-order valence-corrected chi connectivity index (χ2v) is 18.6. The van der Waals surface area contributed by atoms with E-state index in [1.54, 1.807) is 18.2 Å². The molecule has 3 aliphatic heterocycles. The molecule has 3 aliphatic carbocycles. The van der Waals surface area contributed by atoms with Crippen molar-refractivity contribution >= 4 is 44.7 Å². The van der Waals surface area contributed by atoms with E-state index in [0.29, 0.717) is 55.5 Å². The number of pyridine rings is 1. The maximum atomic E-state index is 16.9. The molecule has 4 N–H and O–H groups in total. The van der Waals surface area contributed by atoms with Crippen molar-refractivity contribution in [2.24, 2.45) is 5.92 Å². The van der Waals surface area contributed by atoms with E-state index >= 15 is 8.78 Å². The third-order valence-corrected chi connectivity index (χ3v) is 14.4. The fourth-order valence-electron chi connectivity index (χ4n) is 8.55. The molecule has 4 fully saturated rings. The highest BCUT2D eigenvalue weighted by Gasteiger charge is 2.65. The first kappa shape index (κ1) is 37.4. The van der Waals surface area contributed by atoms with Crippen LogP contribution in [-0.2, 0) is 30.3 Å². The molecule has 6 aliphatic rings. The number of nitrogens with one attached hydrogen (secondary N) is 3. The van der Waals surface area contributed by atoms with Crippen molar-refractivity contribution in [3.05, 3.63) is 41.6 Å². The lowest BCUT2D eigenvalue weighted by molar-refractivity contribution is -0.141. The van der Waals surface area contributed by atoms with Gasteiger partial charge in [-0.2, -0.15) is 0 Å². The molecule has 3 saturated carbocycles. The number of carboxylic acid groups (broad SMARTS) is 1. The number of carbonyl (C=O) groups excluding carboxylic acids is 3. The van der Waals surface area contributed by atoms with Gasteiger partial charge in [0.25, 0.3) is 11.8 Å². The van der Waals surface area contributed by atoms with Crippen LogP contribution in [0.4, 0.5) is 13.6 Å². The number of hydrogen-bond acceptors (Lipinski definition) is 9. The Morgan fingerprint density at radius 2 is 1.87 bits per heavy atom. The summed E-state index contributed by atoms with van der Waals surface area (Å²) in [7, 11) is -2.66. The smallest absolute Gasteiger partial charge is 0.405 e. The molecule has 8 rings (SSSR count). The molecule has 0 unspecified atom stereocenters. The number of hydrogen-bond donors (Lipinski definition) is 4. The van der Waals surface area contributed by atoms with Crippen molar-refractivity contribution in [3.8, 4) is 11.5 Å². The molecule has 5 atom stereocenters. The fraction of sp³-hybridized carbons (Fsp3) is 0.605. The average molecular weight is 786 g/mol. The Kier molecular flexibility index (Phi) is 8.85. The minimum Gasteiger partial charge on any atom is -0.497 e. The Bertz CT molecular complexity index is 2120. The molecule has 1 aromatic carbocycles. The highest BCUT2D eigenvalue weighted by atomic mass is 32.2. The second-order valence-electron chi connectivity index (χ2n) is 16.4. The van der Waals surface area contributed by atoms with E-state index in [2.05, 4.69) is 15.4 Å². The largest absolute Gasteiger partial charge is 0.497 e. The van der Waals surface area contributed by atoms with Gasteiger partial charge in [0.05, 0.1) is 41.6 Å². The van der Waals surface area contributed by atoms with Crippen LogP contribution in [0.5, 0.6) is 11.5 Å². The van der Waals surface area contributed by atoms with Crippen LogP contribution in [0.15, 0.2) is 30.4 Å². The van der Waals surface area contributed by atoms with Gasteiger partial charge >= 0.3 is 6.09 Å². The number of aromatic nitrogens is 1. The quantitative estimate of drug-likeness (QED) is 0.306. The zero-order valence-electron chi connectivity index (χ0n) is 30.7. The van der Waals surface area contributed by atoms with Crippen LogP contribution in [0.25, 0.3) is 10.9 Å². The Balaban J connectivity index is 1.19. The van der Waals surface area contributed by atoms with E-state index in [-0.39, 0.29) is 35.5 Å². The Morgan fingerprint density at radius 3 is 2.56 bits per heavy atom. The van der Waals surface area contributed by atoms with E-state index in [1.165, 1.54) is 20.1 Å². The summed E-state index contributed by atoms with van der Waals surface area (Å²) in [4.78, 5) is 60.6. The van der Waals surface area contributed by atoms with Crippen molar-refractivity contribution in [2.45, 2.75) is 124 Å². The monoisotopic (exact) mass is 785 g/mol. The number of ether oxygens (including phenoxy) is 2. The number of alkyl halides is 2. The van der Waals surface area contributed by atoms with Crippen LogP contribution >= 0.6 is 0 Å². The number of fused-ring (bicyclic) bond motifs is 5. The van der Waals surface area contributed by atoms with Gasteiger partial charge in [-0.1, -0.05) is 25.0 Å². The minimum atomic E-state index is -4.09. The van der Waals surface area contributed by atoms with Gasteiger partial charge in [0.15, 0.2) is 5.75 Å². The number of nitrogens with zero attached hydrogens (tertiary/aromatic N) is 2. The van der Waals surface area contributed by atoms with Crippen molar-refractivity contribution in [1.29, 1.82) is 0 Å². The van der Waals surface area contributed by atoms with E-state index in [9.17, 15) is 32.7 Å². The van der Waals surface area contributed by atoms with Gasteiger partial charge in [0, 0.05) is 23.6 Å². The molecule has 1 aromatic heterocycles. The second kappa shape index (κ2) is 13.0. The number of amides is 4. The molecule has 1 spiro atoms. The van der Waals surface area contributed by atoms with Crippen molar-refractivity contribution in [1.82, 2.24) is 25.2 Å². The minimum absolute atomic E-state index is 0.0806. The Hall–Kier alpha value is -4.54. The summed E-state index contributed by atoms with van der Waals surface area (Å²) in [6.07, 6.45) is 5.59. The normalized spacial score (nSPS) is 31.7. The molecule has 4 heterocycles. The number of sulfonamides is 1. The lowest BCUT2D eigenvalue weighted by Gasteiger charge is -2.40. The first-order chi connectivity index (χ1) is 26.0. The zero-order valence-corrected chi connectivity index (χ0v) is 31.5. The van der Waals surface area contributed by atoms with Crippen molar-refractivity contribution in [3.63, 3.8) is 0 Å². The van der Waals surface area contributed by atoms with Gasteiger partial charge in [0.1, 0.15) is 29.0 Å². The summed E-state index contributed by atoms with van der Waals surface area (Å²) in [5, 5.41) is 14.9. The number of carbonyl (C=O) groups is 4. The SMILES string of the molecule is COc1ccc2nc(C3CC3)c3c(c2c1)C(F)(F)C[C@]1(C[C@H]2C(=O)N[C@]4(C(=O)NS(=O)(=O)C5(C)CC5)C[C@H]4/C=C\CCCCC[C@H](NC(=O)O)C(=O)N2C1)O3. The van der Waals surface area contributed by atoms with Crippen LogP contribution < -0.4 is 24.8 Å². The fourth-order valence-corrected chi connectivity index (χ4v) is 9.86. The van der Waals surface area contributed by atoms with Gasteiger partial charge in [-0.15, -0.1) is 0 Å². The topological polar surface area (TPSA) is 193 Å². The van der Waals surface area contributed by atoms with E-state index < -0.39 is 93.0 Å². The molecule has 4 amide bonds. The van der Waals surface area contributed by atoms with Crippen LogP contribution in [0, 0.1) is 5.92 Å². The summed E-state index contributed by atoms with van der Waals surface area (Å²) < 4.78 is 73.2. The molecule has 2 aromatic rings. The van der Waals surface area contributed by atoms with Gasteiger partial charge < -0.3 is 30.1 Å². The number of methoxy groups -OCH3 is 1. The third kappa shape index (κ3) is 6.65. The first-order valence-electron chi connectivity index (χ1n) is 18.9. The number of benzene rings is 1. The van der Waals surface area contributed by atoms with Crippen LogP contribution in [0.1, 0.15) is 101 Å². The molecular formula is C38H45F2N5O9S. The Labute approximate surface area is 316 Å². The molecule has 0 bridgehead atoms. The standard InChI is InChI=1S/C38H45F2N5O9S/c1-35(14-15-35)55(51,52)44-33(48)37-17-22(37)8-6-4-3-5-7-9-26(42-34(49)50)32(47)45-20-36(18-27(45)31(46)43-37)19-38(39,40)28-24-16-23(53-2)12-13-25(24)41-29(21-10-11-21)30(28)54-36/h6,8,12-13,16,21-22,26-27,42H,3-5,7,9-11,14-15,17-20H2,1-2H3,(H,43,46)(H,44,48)(H,49,50)/b8-6-/t22-,26+,27+,36+,37-/m1/s1. The predicted molar refractivity (Wildman–Crippen MR) is 193 cm³/mol. The number of halogens is 2. The maximum absolute atomic E-state index is 16.9. The summed E-state index contributed by atoms with van der Waals surface area (Å²) in [6.45, 7) is 1.05. The summed E-state index contributed by atoms with van der Waals surface area (Å²) in [5.41, 5.74) is -3.12. The molecule has 296 valence electrons. The highest BCUT2D eigenvalue weighted by Crippen LogP contribution is 2.57. The van der Waals surface area contributed by atoms with E-state index in [4.69, 9.17) is 14.5 Å². The van der Waals surface area contributed by atoms with E-state index in [1.807, 2.05) is 6.08 Å². The van der Waals surface area contributed by atoms with Gasteiger partial charge in [0.2, 0.25) is 21.8 Å². The van der Waals surface area contributed by atoms with Crippen LogP contribution in [-0.4, -0.2) is 88.8 Å². The molecular weight excluding hydrogens is 741 g/mol. The molecule has 1 saturated heterocycles. The van der Waals surface area contributed by atoms with Gasteiger partial charge in [-0.3, -0.25) is 19.1 Å². The average Bonchev–Trinajstić information content (AvgIpc) is 4.05. The van der Waals surface area contributed by atoms with Gasteiger partial charge in [-0.05, 0) is 76.5 Å². The zero-order chi connectivity index (χ0) is 39.1. The lowest BCUT2D eigenvalue weighted by Crippen LogP contribution is -2.58. The Morgan fingerprint density at radius 1 is 1.11 bits per heavy atom. The predicted octanol–water partition coefficient (Wildman–Crippen LogP) is 4.36. The highest BCUT2D eigenvalue weighted by molar-refractivity contribution is 7.91.